The fourth-order valence-electron chi connectivity index (χ4n) is 3.37. The van der Waals surface area contributed by atoms with E-state index in [0.29, 0.717) is 11.6 Å². The van der Waals surface area contributed by atoms with Crippen molar-refractivity contribution < 1.29 is 13.2 Å². The molecule has 0 heterocycles. The van der Waals surface area contributed by atoms with E-state index in [2.05, 4.69) is 6.92 Å². The Morgan fingerprint density at radius 3 is 2.27 bits per heavy atom. The smallest absolute Gasteiger partial charge is 0.371 e. The Labute approximate surface area is 129 Å². The molecule has 2 nitrogen and oxygen atoms in total. The highest BCUT2D eigenvalue weighted by Gasteiger charge is 2.37. The van der Waals surface area contributed by atoms with Crippen LogP contribution in [0.1, 0.15) is 49.3 Å². The number of benzene rings is 1. The van der Waals surface area contributed by atoms with Gasteiger partial charge < -0.3 is 4.90 Å². The van der Waals surface area contributed by atoms with Crippen LogP contribution >= 0.6 is 0 Å². The zero-order valence-electron chi connectivity index (χ0n) is 13.2. The zero-order valence-corrected chi connectivity index (χ0v) is 13.2. The van der Waals surface area contributed by atoms with Gasteiger partial charge in [0.1, 0.15) is 0 Å². The molecular weight excluding hydrogens is 289 g/mol. The monoisotopic (exact) mass is 310 g/mol. The summed E-state index contributed by atoms with van der Waals surface area (Å²) in [6, 6.07) is 4.85. The third kappa shape index (κ3) is 3.21. The molecule has 0 saturated heterocycles. The number of hydrogen-bond donors (Lipinski definition) is 0. The Kier molecular flexibility index (Phi) is 4.69. The summed E-state index contributed by atoms with van der Waals surface area (Å²) in [6.07, 6.45) is -0.295. The number of rotatable bonds is 2. The minimum Gasteiger partial charge on any atom is -0.371 e. The summed E-state index contributed by atoms with van der Waals surface area (Å²) >= 11 is 0. The number of hydrogen-bond acceptors (Lipinski definition) is 2. The predicted molar refractivity (Wildman–Crippen MR) is 80.7 cm³/mol. The van der Waals surface area contributed by atoms with Crippen LogP contribution in [0.3, 0.4) is 0 Å². The lowest BCUT2D eigenvalue weighted by Gasteiger charge is -2.36. The van der Waals surface area contributed by atoms with Gasteiger partial charge in [-0.25, -0.2) is 0 Å². The van der Waals surface area contributed by atoms with Crippen LogP contribution in [-0.2, 0) is 6.18 Å². The average Bonchev–Trinajstić information content (AvgIpc) is 2.45. The van der Waals surface area contributed by atoms with Crippen molar-refractivity contribution in [2.24, 2.45) is 5.92 Å². The van der Waals surface area contributed by atoms with Gasteiger partial charge in [-0.3, -0.25) is 0 Å². The lowest BCUT2D eigenvalue weighted by Crippen LogP contribution is -2.35. The van der Waals surface area contributed by atoms with Crippen molar-refractivity contribution >= 4 is 5.69 Å². The van der Waals surface area contributed by atoms with Crippen LogP contribution < -0.4 is 4.90 Å². The molecule has 0 unspecified atom stereocenters. The van der Waals surface area contributed by atoms with Crippen LogP contribution in [0.5, 0.6) is 0 Å². The Bertz CT molecular complexity index is 579. The standard InChI is InChI=1S/C17H21F3N2/c1-11-4-7-14(8-5-11)22(3)15-9-6-13(10-21)16(12(15)2)17(18,19)20/h6,9,11,14H,4-5,7-8H2,1-3H3. The van der Waals surface area contributed by atoms with E-state index in [0.717, 1.165) is 25.7 Å². The van der Waals surface area contributed by atoms with Gasteiger partial charge >= 0.3 is 6.18 Å². The van der Waals surface area contributed by atoms with Crippen LogP contribution in [0.15, 0.2) is 12.1 Å². The van der Waals surface area contributed by atoms with E-state index in [1.165, 1.54) is 13.0 Å². The van der Waals surface area contributed by atoms with Crippen molar-refractivity contribution in [1.82, 2.24) is 0 Å². The number of nitriles is 1. The number of nitrogens with zero attached hydrogens (tertiary/aromatic N) is 2. The van der Waals surface area contributed by atoms with Crippen molar-refractivity contribution in [3.05, 3.63) is 28.8 Å². The molecule has 1 fully saturated rings. The Morgan fingerprint density at radius 2 is 1.77 bits per heavy atom. The summed E-state index contributed by atoms with van der Waals surface area (Å²) in [6.45, 7) is 3.67. The normalized spacial score (nSPS) is 22.2. The highest BCUT2D eigenvalue weighted by Crippen LogP contribution is 2.39. The molecule has 0 atom stereocenters. The highest BCUT2D eigenvalue weighted by molar-refractivity contribution is 5.61. The van der Waals surface area contributed by atoms with Crippen LogP contribution in [0, 0.1) is 24.2 Å². The molecule has 120 valence electrons. The summed E-state index contributed by atoms with van der Waals surface area (Å²) in [5, 5.41) is 8.95. The minimum atomic E-state index is -4.51. The van der Waals surface area contributed by atoms with Gasteiger partial charge in [0.15, 0.2) is 0 Å². The lowest BCUT2D eigenvalue weighted by atomic mass is 9.86. The first-order valence-electron chi connectivity index (χ1n) is 7.59. The predicted octanol–water partition coefficient (Wildman–Crippen LogP) is 4.90. The van der Waals surface area contributed by atoms with E-state index < -0.39 is 11.7 Å². The number of alkyl halides is 3. The number of anilines is 1. The second-order valence-electron chi connectivity index (χ2n) is 6.27. The first-order chi connectivity index (χ1) is 10.3. The summed E-state index contributed by atoms with van der Waals surface area (Å²) < 4.78 is 39.8. The summed E-state index contributed by atoms with van der Waals surface area (Å²) in [5.41, 5.74) is -0.388. The minimum absolute atomic E-state index is 0.146. The van der Waals surface area contributed by atoms with Crippen LogP contribution in [0.4, 0.5) is 18.9 Å². The summed E-state index contributed by atoms with van der Waals surface area (Å²) in [5.74, 6) is 0.692. The molecule has 0 radical (unpaired) electrons. The van der Waals surface area contributed by atoms with Gasteiger partial charge in [0.05, 0.1) is 17.2 Å². The van der Waals surface area contributed by atoms with Gasteiger partial charge in [-0.15, -0.1) is 0 Å². The molecule has 0 amide bonds. The average molecular weight is 310 g/mol. The molecule has 0 spiro atoms. The molecule has 0 aliphatic heterocycles. The van der Waals surface area contributed by atoms with Crippen molar-refractivity contribution in [3.63, 3.8) is 0 Å². The largest absolute Gasteiger partial charge is 0.418 e. The maximum Gasteiger partial charge on any atom is 0.418 e. The molecule has 22 heavy (non-hydrogen) atoms. The van der Waals surface area contributed by atoms with E-state index in [-0.39, 0.29) is 17.2 Å². The molecule has 1 aliphatic rings. The molecule has 1 aromatic carbocycles. The zero-order chi connectivity index (χ0) is 16.5. The lowest BCUT2D eigenvalue weighted by molar-refractivity contribution is -0.138. The third-order valence-corrected chi connectivity index (χ3v) is 4.75. The van der Waals surface area contributed by atoms with Gasteiger partial charge in [0, 0.05) is 18.8 Å². The van der Waals surface area contributed by atoms with E-state index >= 15 is 0 Å². The first-order valence-corrected chi connectivity index (χ1v) is 7.59. The van der Waals surface area contributed by atoms with Gasteiger partial charge in [-0.05, 0) is 56.2 Å². The summed E-state index contributed by atoms with van der Waals surface area (Å²) in [7, 11) is 1.86. The van der Waals surface area contributed by atoms with Gasteiger partial charge in [-0.2, -0.15) is 18.4 Å². The van der Waals surface area contributed by atoms with E-state index in [9.17, 15) is 13.2 Å². The number of halogens is 3. The van der Waals surface area contributed by atoms with Gasteiger partial charge in [-0.1, -0.05) is 6.92 Å². The maximum atomic E-state index is 13.3. The SMILES string of the molecule is Cc1c(N(C)C2CCC(C)CC2)ccc(C#N)c1C(F)(F)F. The van der Waals surface area contributed by atoms with Crippen LogP contribution in [0.2, 0.25) is 0 Å². The van der Waals surface area contributed by atoms with Crippen molar-refractivity contribution in [2.75, 3.05) is 11.9 Å². The van der Waals surface area contributed by atoms with Crippen LogP contribution in [0.25, 0.3) is 0 Å². The molecule has 0 bridgehead atoms. The molecular formula is C17H21F3N2. The van der Waals surface area contributed by atoms with Gasteiger partial charge in [0.2, 0.25) is 0 Å². The molecule has 0 N–H and O–H groups in total. The highest BCUT2D eigenvalue weighted by atomic mass is 19.4. The Hall–Kier alpha value is -1.70. The van der Waals surface area contributed by atoms with Gasteiger partial charge in [0.25, 0.3) is 0 Å². The fraction of sp³-hybridized carbons (Fsp3) is 0.588. The Balaban J connectivity index is 2.38. The van der Waals surface area contributed by atoms with Crippen molar-refractivity contribution in [2.45, 2.75) is 51.7 Å². The van der Waals surface area contributed by atoms with E-state index in [1.807, 2.05) is 11.9 Å². The second kappa shape index (κ2) is 6.20. The molecule has 1 aliphatic carbocycles. The first kappa shape index (κ1) is 16.7. The molecule has 2 rings (SSSR count). The third-order valence-electron chi connectivity index (χ3n) is 4.75. The fourth-order valence-corrected chi connectivity index (χ4v) is 3.37. The van der Waals surface area contributed by atoms with E-state index in [4.69, 9.17) is 5.26 Å². The summed E-state index contributed by atoms with van der Waals surface area (Å²) in [4.78, 5) is 1.96. The second-order valence-corrected chi connectivity index (χ2v) is 6.27. The van der Waals surface area contributed by atoms with Crippen LogP contribution in [-0.4, -0.2) is 13.1 Å². The molecule has 0 aromatic heterocycles. The topological polar surface area (TPSA) is 27.0 Å². The molecule has 1 aromatic rings. The van der Waals surface area contributed by atoms with Crippen molar-refractivity contribution in [3.8, 4) is 6.07 Å². The van der Waals surface area contributed by atoms with Crippen molar-refractivity contribution in [1.29, 1.82) is 5.26 Å². The van der Waals surface area contributed by atoms with E-state index in [1.54, 1.807) is 12.1 Å². The quantitative estimate of drug-likeness (QED) is 0.777. The molecule has 5 heteroatoms. The maximum absolute atomic E-state index is 13.3. The molecule has 1 saturated carbocycles. The Morgan fingerprint density at radius 1 is 1.18 bits per heavy atom.